The molecule has 2 aliphatic heterocycles. The first kappa shape index (κ1) is 16.7. The highest BCUT2D eigenvalue weighted by Crippen LogP contribution is 2.53. The lowest BCUT2D eigenvalue weighted by Gasteiger charge is -2.39. The maximum atomic E-state index is 13.3. The molecule has 0 bridgehead atoms. The fourth-order valence-electron chi connectivity index (χ4n) is 4.29. The van der Waals surface area contributed by atoms with Crippen LogP contribution in [0.4, 0.5) is 24.9 Å². The van der Waals surface area contributed by atoms with Gasteiger partial charge in [-0.25, -0.2) is 4.98 Å². The van der Waals surface area contributed by atoms with Crippen molar-refractivity contribution >= 4 is 11.8 Å². The molecule has 0 radical (unpaired) electrons. The number of hydrogen-bond donors (Lipinski definition) is 1. The Hall–Kier alpha value is -2.46. The van der Waals surface area contributed by atoms with Crippen LogP contribution in [0.5, 0.6) is 0 Å². The van der Waals surface area contributed by atoms with Gasteiger partial charge in [-0.3, -0.25) is 0 Å². The van der Waals surface area contributed by atoms with Gasteiger partial charge in [-0.2, -0.15) is 23.4 Å². The van der Waals surface area contributed by atoms with Gasteiger partial charge in [0.25, 0.3) is 0 Å². The van der Waals surface area contributed by atoms with Crippen LogP contribution in [-0.4, -0.2) is 56.3 Å². The molecule has 2 aromatic heterocycles. The number of fused-ring (bicyclic) bond motifs is 1. The number of tetrazole rings is 1. The highest BCUT2D eigenvalue weighted by Gasteiger charge is 2.56. The van der Waals surface area contributed by atoms with E-state index < -0.39 is 11.9 Å². The van der Waals surface area contributed by atoms with E-state index in [1.165, 1.54) is 0 Å². The van der Waals surface area contributed by atoms with E-state index in [0.717, 1.165) is 18.9 Å². The number of H-pyrrole nitrogens is 1. The van der Waals surface area contributed by atoms with Gasteiger partial charge < -0.3 is 9.80 Å². The number of nitrogens with one attached hydrogen (secondary N) is 1. The highest BCUT2D eigenvalue weighted by atomic mass is 19.4. The minimum atomic E-state index is -4.48. The molecule has 11 heteroatoms. The van der Waals surface area contributed by atoms with Crippen LogP contribution in [0.3, 0.4) is 0 Å². The van der Waals surface area contributed by atoms with E-state index in [-0.39, 0.29) is 12.0 Å². The van der Waals surface area contributed by atoms with Crippen LogP contribution in [0, 0.1) is 17.8 Å². The summed E-state index contributed by atoms with van der Waals surface area (Å²) in [7, 11) is 0. The molecule has 0 amide bonds. The SMILES string of the molecule is C[C@H]1CCN1c1nc(N2C[C@@H]3C(Cc4nn[nH]n4)[C@@H]3C2)cc(C(F)(F)F)n1. The predicted molar refractivity (Wildman–Crippen MR) is 89.0 cm³/mol. The molecule has 8 nitrogen and oxygen atoms in total. The van der Waals surface area contributed by atoms with Crippen LogP contribution in [0.1, 0.15) is 24.9 Å². The van der Waals surface area contributed by atoms with Crippen LogP contribution in [-0.2, 0) is 12.6 Å². The summed E-state index contributed by atoms with van der Waals surface area (Å²) in [6.45, 7) is 4.08. The zero-order valence-electron chi connectivity index (χ0n) is 14.7. The minimum Gasteiger partial charge on any atom is -0.356 e. The normalized spacial score (nSPS) is 29.6. The van der Waals surface area contributed by atoms with E-state index >= 15 is 0 Å². The van der Waals surface area contributed by atoms with Gasteiger partial charge in [-0.1, -0.05) is 5.21 Å². The molecule has 1 N–H and O–H groups in total. The second-order valence-corrected chi connectivity index (χ2v) is 7.67. The zero-order chi connectivity index (χ0) is 18.8. The number of nitrogens with zero attached hydrogens (tertiary/aromatic N) is 7. The molecule has 5 rings (SSSR count). The standard InChI is InChI=1S/C16H19F3N8/c1-8-2-3-27(8)15-20-12(16(17,18)19)5-14(21-15)26-6-10-9(11(10)7-26)4-13-22-24-25-23-13/h5,8-11H,2-4,6-7H2,1H3,(H,22,23,24,25)/t8-,9?,10-,11+/m0/s1. The first-order chi connectivity index (χ1) is 12.9. The number of aromatic amines is 1. The molecule has 4 heterocycles. The number of halogens is 3. The fourth-order valence-corrected chi connectivity index (χ4v) is 4.29. The molecular formula is C16H19F3N8. The summed E-state index contributed by atoms with van der Waals surface area (Å²) in [4.78, 5) is 12.0. The topological polar surface area (TPSA) is 86.7 Å². The lowest BCUT2D eigenvalue weighted by Crippen LogP contribution is -2.47. The number of rotatable bonds is 4. The van der Waals surface area contributed by atoms with Gasteiger partial charge in [-0.05, 0) is 31.1 Å². The molecular weight excluding hydrogens is 361 g/mol. The summed E-state index contributed by atoms with van der Waals surface area (Å²) in [5.41, 5.74) is -0.870. The summed E-state index contributed by atoms with van der Waals surface area (Å²) >= 11 is 0. The van der Waals surface area contributed by atoms with Gasteiger partial charge in [0.1, 0.15) is 5.82 Å². The van der Waals surface area contributed by atoms with Crippen LogP contribution >= 0.6 is 0 Å². The number of alkyl halides is 3. The van der Waals surface area contributed by atoms with Gasteiger partial charge in [0.05, 0.1) is 0 Å². The van der Waals surface area contributed by atoms with Gasteiger partial charge in [0.15, 0.2) is 11.5 Å². The Morgan fingerprint density at radius 1 is 1.22 bits per heavy atom. The average molecular weight is 380 g/mol. The molecule has 0 aromatic carbocycles. The van der Waals surface area contributed by atoms with Crippen LogP contribution < -0.4 is 9.80 Å². The Labute approximate surface area is 153 Å². The largest absolute Gasteiger partial charge is 0.433 e. The second kappa shape index (κ2) is 5.77. The maximum absolute atomic E-state index is 13.3. The summed E-state index contributed by atoms with van der Waals surface area (Å²) in [6, 6.07) is 1.25. The molecule has 0 spiro atoms. The summed E-state index contributed by atoms with van der Waals surface area (Å²) in [5, 5.41) is 14.0. The van der Waals surface area contributed by atoms with Crippen molar-refractivity contribution in [3.05, 3.63) is 17.6 Å². The number of hydrogen-bond acceptors (Lipinski definition) is 7. The van der Waals surface area contributed by atoms with Crippen molar-refractivity contribution in [1.29, 1.82) is 0 Å². The molecule has 3 aliphatic rings. The van der Waals surface area contributed by atoms with Gasteiger partial charge >= 0.3 is 6.18 Å². The third-order valence-corrected chi connectivity index (χ3v) is 6.07. The molecule has 1 aliphatic carbocycles. The highest BCUT2D eigenvalue weighted by molar-refractivity contribution is 5.50. The average Bonchev–Trinajstić information content (AvgIpc) is 3.02. The van der Waals surface area contributed by atoms with E-state index in [1.807, 2.05) is 16.7 Å². The number of piperidine rings is 1. The Kier molecular flexibility index (Phi) is 3.57. The van der Waals surface area contributed by atoms with Crippen molar-refractivity contribution in [2.45, 2.75) is 32.0 Å². The third-order valence-electron chi connectivity index (χ3n) is 6.07. The lowest BCUT2D eigenvalue weighted by molar-refractivity contribution is -0.141. The maximum Gasteiger partial charge on any atom is 0.433 e. The van der Waals surface area contributed by atoms with Crippen molar-refractivity contribution in [3.8, 4) is 0 Å². The molecule has 144 valence electrons. The first-order valence-electron chi connectivity index (χ1n) is 9.10. The Morgan fingerprint density at radius 3 is 2.56 bits per heavy atom. The zero-order valence-corrected chi connectivity index (χ0v) is 14.7. The van der Waals surface area contributed by atoms with E-state index in [1.54, 1.807) is 0 Å². The van der Waals surface area contributed by atoms with Gasteiger partial charge in [0.2, 0.25) is 5.95 Å². The van der Waals surface area contributed by atoms with Crippen LogP contribution in [0.15, 0.2) is 6.07 Å². The molecule has 1 unspecified atom stereocenters. The van der Waals surface area contributed by atoms with Crippen LogP contribution in [0.2, 0.25) is 0 Å². The molecule has 3 fully saturated rings. The van der Waals surface area contributed by atoms with Crippen LogP contribution in [0.25, 0.3) is 0 Å². The summed E-state index contributed by atoms with van der Waals surface area (Å²) < 4.78 is 40.0. The van der Waals surface area contributed by atoms with Crippen molar-refractivity contribution in [1.82, 2.24) is 30.6 Å². The summed E-state index contributed by atoms with van der Waals surface area (Å²) in [6.07, 6.45) is -2.78. The Balaban J connectivity index is 1.34. The van der Waals surface area contributed by atoms with Crippen molar-refractivity contribution in [3.63, 3.8) is 0 Å². The first-order valence-corrected chi connectivity index (χ1v) is 9.10. The number of anilines is 2. The van der Waals surface area contributed by atoms with Crippen molar-refractivity contribution < 1.29 is 13.2 Å². The van der Waals surface area contributed by atoms with E-state index in [4.69, 9.17) is 0 Å². The van der Waals surface area contributed by atoms with Gasteiger partial charge in [0, 0.05) is 38.2 Å². The molecule has 27 heavy (non-hydrogen) atoms. The minimum absolute atomic E-state index is 0.174. The monoisotopic (exact) mass is 380 g/mol. The molecule has 2 saturated heterocycles. The van der Waals surface area contributed by atoms with E-state index in [0.29, 0.717) is 49.0 Å². The van der Waals surface area contributed by atoms with E-state index in [2.05, 4.69) is 30.6 Å². The van der Waals surface area contributed by atoms with Crippen molar-refractivity contribution in [2.75, 3.05) is 29.4 Å². The van der Waals surface area contributed by atoms with Crippen molar-refractivity contribution in [2.24, 2.45) is 17.8 Å². The Bertz CT molecular complexity index is 827. The summed E-state index contributed by atoms with van der Waals surface area (Å²) in [5.74, 6) is 2.60. The quantitative estimate of drug-likeness (QED) is 0.861. The number of aromatic nitrogens is 6. The van der Waals surface area contributed by atoms with E-state index in [9.17, 15) is 13.2 Å². The fraction of sp³-hybridized carbons (Fsp3) is 0.688. The van der Waals surface area contributed by atoms with Gasteiger partial charge in [-0.15, -0.1) is 10.2 Å². The Morgan fingerprint density at radius 2 is 2.00 bits per heavy atom. The third kappa shape index (κ3) is 2.88. The molecule has 4 atom stereocenters. The lowest BCUT2D eigenvalue weighted by atomic mass is 10.1. The smallest absolute Gasteiger partial charge is 0.356 e. The predicted octanol–water partition coefficient (Wildman–Crippen LogP) is 1.53. The molecule has 2 aromatic rings. The molecule has 1 saturated carbocycles. The second-order valence-electron chi connectivity index (χ2n) is 7.67.